The number of benzene rings is 2. The number of nitrogens with zero attached hydrogens (tertiary/aromatic N) is 3. The highest BCUT2D eigenvalue weighted by Crippen LogP contribution is 2.49. The number of hydrogen-bond acceptors (Lipinski definition) is 6. The molecule has 0 unspecified atom stereocenters. The third-order valence-electron chi connectivity index (χ3n) is 9.56. The van der Waals surface area contributed by atoms with Crippen molar-refractivity contribution in [3.63, 3.8) is 0 Å². The first kappa shape index (κ1) is 26.3. The molecule has 4 aliphatic rings. The average Bonchev–Trinajstić information content (AvgIpc) is 3.07. The van der Waals surface area contributed by atoms with Crippen LogP contribution in [0, 0.1) is 5.41 Å². The molecule has 8 heteroatoms. The monoisotopic (exact) mass is 532 g/mol. The van der Waals surface area contributed by atoms with Crippen LogP contribution in [0.3, 0.4) is 0 Å². The summed E-state index contributed by atoms with van der Waals surface area (Å²) in [6, 6.07) is 13.6. The quantitative estimate of drug-likeness (QED) is 0.548. The summed E-state index contributed by atoms with van der Waals surface area (Å²) in [6.07, 6.45) is 3.48. The van der Waals surface area contributed by atoms with Crippen molar-refractivity contribution < 1.29 is 19.8 Å². The highest BCUT2D eigenvalue weighted by atomic mass is 16.3. The van der Waals surface area contributed by atoms with Gasteiger partial charge in [0.15, 0.2) is 0 Å². The van der Waals surface area contributed by atoms with Crippen LogP contribution in [0.1, 0.15) is 64.4 Å². The first-order valence-corrected chi connectivity index (χ1v) is 14.5. The number of amides is 2. The van der Waals surface area contributed by atoms with E-state index in [4.69, 9.17) is 0 Å². The summed E-state index contributed by atoms with van der Waals surface area (Å²) in [6.45, 7) is 6.36. The predicted molar refractivity (Wildman–Crippen MR) is 150 cm³/mol. The second kappa shape index (κ2) is 10.6. The predicted octanol–water partition coefficient (Wildman–Crippen LogP) is 2.42. The maximum Gasteiger partial charge on any atom is 0.256 e. The molecule has 2 amide bonds. The minimum atomic E-state index is -0.682. The molecule has 208 valence electrons. The molecule has 1 spiro atoms. The number of piperidine rings is 1. The van der Waals surface area contributed by atoms with Gasteiger partial charge in [0.1, 0.15) is 0 Å². The zero-order valence-corrected chi connectivity index (χ0v) is 22.8. The largest absolute Gasteiger partial charge is 0.393 e. The van der Waals surface area contributed by atoms with Crippen molar-refractivity contribution in [1.29, 1.82) is 0 Å². The molecule has 1 aliphatic carbocycles. The second-order valence-electron chi connectivity index (χ2n) is 11.9. The lowest BCUT2D eigenvalue weighted by Gasteiger charge is -2.50. The number of anilines is 1. The lowest BCUT2D eigenvalue weighted by atomic mass is 9.61. The Morgan fingerprint density at radius 3 is 2.49 bits per heavy atom. The highest BCUT2D eigenvalue weighted by molar-refractivity contribution is 6.03. The van der Waals surface area contributed by atoms with E-state index in [0.717, 1.165) is 50.9 Å². The van der Waals surface area contributed by atoms with Crippen molar-refractivity contribution in [2.45, 2.75) is 63.8 Å². The van der Waals surface area contributed by atoms with Crippen molar-refractivity contribution in [2.75, 3.05) is 44.2 Å². The van der Waals surface area contributed by atoms with Crippen LogP contribution in [0.15, 0.2) is 42.5 Å². The fraction of sp³-hybridized carbons (Fsp3) is 0.548. The number of rotatable bonds is 5. The molecule has 0 bridgehead atoms. The molecule has 3 aliphatic heterocycles. The Balaban J connectivity index is 1.15. The van der Waals surface area contributed by atoms with Gasteiger partial charge in [0.05, 0.1) is 23.5 Å². The summed E-state index contributed by atoms with van der Waals surface area (Å²) in [7, 11) is 0. The van der Waals surface area contributed by atoms with Gasteiger partial charge in [-0.2, -0.15) is 0 Å². The molecule has 0 radical (unpaired) electrons. The Kier molecular flexibility index (Phi) is 7.12. The van der Waals surface area contributed by atoms with Crippen molar-refractivity contribution in [2.24, 2.45) is 5.41 Å². The van der Waals surface area contributed by atoms with E-state index < -0.39 is 6.10 Å². The number of carbonyl (C=O) groups is 2. The van der Waals surface area contributed by atoms with Crippen LogP contribution < -0.4 is 10.2 Å². The van der Waals surface area contributed by atoms with Gasteiger partial charge in [-0.3, -0.25) is 9.59 Å². The number of carbonyl (C=O) groups excluding carboxylic acids is 2. The lowest BCUT2D eigenvalue weighted by Crippen LogP contribution is -2.50. The number of likely N-dealkylation sites (N-methyl/N-ethyl adjacent to an activating group) is 1. The van der Waals surface area contributed by atoms with Crippen LogP contribution in [-0.2, 0) is 13.0 Å². The Morgan fingerprint density at radius 1 is 1.05 bits per heavy atom. The zero-order valence-electron chi connectivity index (χ0n) is 22.8. The number of fused-ring (bicyclic) bond motifs is 2. The number of β-amino-alcohol motifs (C(OH)–C–C–N with tert-alkyl or cyclic N) is 1. The van der Waals surface area contributed by atoms with E-state index in [1.54, 1.807) is 17.0 Å². The summed E-state index contributed by atoms with van der Waals surface area (Å²) >= 11 is 0. The van der Waals surface area contributed by atoms with Gasteiger partial charge in [0, 0.05) is 57.4 Å². The van der Waals surface area contributed by atoms with Crippen LogP contribution in [0.5, 0.6) is 0 Å². The molecule has 39 heavy (non-hydrogen) atoms. The van der Waals surface area contributed by atoms with E-state index >= 15 is 0 Å². The fourth-order valence-electron chi connectivity index (χ4n) is 7.06. The van der Waals surface area contributed by atoms with E-state index in [1.165, 1.54) is 11.1 Å². The second-order valence-corrected chi connectivity index (χ2v) is 11.9. The molecule has 3 N–H and O–H groups in total. The minimum absolute atomic E-state index is 0.0104. The molecular formula is C31H40N4O4. The van der Waals surface area contributed by atoms with Gasteiger partial charge in [-0.15, -0.1) is 0 Å². The Bertz CT molecular complexity index is 1230. The molecule has 0 aromatic heterocycles. The standard InChI is InChI=1S/C31H40N4O4/c1-2-33-13-14-35(20-28(37)26-15-21-5-3-4-6-23(21)19-32-26)30(39)25-8-7-22(16-27(25)33)29(38)34-11-9-31(10-12-34)17-24(36)18-31/h3-8,16,24,26,28,32,36-37H,2,9-15,17-20H2,1H3/t26-,28+/m0/s1. The molecule has 2 fully saturated rings. The van der Waals surface area contributed by atoms with Crippen LogP contribution in [0.2, 0.25) is 0 Å². The summed E-state index contributed by atoms with van der Waals surface area (Å²) in [4.78, 5) is 33.0. The lowest BCUT2D eigenvalue weighted by molar-refractivity contribution is -0.0637. The number of likely N-dealkylation sites (tertiary alicyclic amines) is 1. The van der Waals surface area contributed by atoms with Crippen molar-refractivity contribution >= 4 is 17.5 Å². The molecule has 3 heterocycles. The molecule has 2 aromatic rings. The highest BCUT2D eigenvalue weighted by Gasteiger charge is 2.45. The van der Waals surface area contributed by atoms with E-state index in [1.807, 2.05) is 23.1 Å². The molecule has 8 nitrogen and oxygen atoms in total. The zero-order chi connectivity index (χ0) is 27.1. The van der Waals surface area contributed by atoms with Crippen molar-refractivity contribution in [3.8, 4) is 0 Å². The topological polar surface area (TPSA) is 96.3 Å². The van der Waals surface area contributed by atoms with Crippen molar-refractivity contribution in [1.82, 2.24) is 15.1 Å². The summed E-state index contributed by atoms with van der Waals surface area (Å²) in [5.74, 6) is -0.0881. The average molecular weight is 533 g/mol. The number of hydrogen-bond donors (Lipinski definition) is 3. The Morgan fingerprint density at radius 2 is 1.77 bits per heavy atom. The van der Waals surface area contributed by atoms with Crippen LogP contribution in [0.25, 0.3) is 0 Å². The minimum Gasteiger partial charge on any atom is -0.393 e. The SMILES string of the molecule is CCN1CCN(C[C@@H](O)[C@@H]2Cc3ccccc3CN2)C(=O)c2ccc(C(=O)N3CCC4(CC3)CC(O)C4)cc21. The van der Waals surface area contributed by atoms with Gasteiger partial charge in [0.2, 0.25) is 0 Å². The normalized spacial score (nSPS) is 23.6. The van der Waals surface area contributed by atoms with Gasteiger partial charge in [-0.05, 0) is 73.8 Å². The molecule has 2 atom stereocenters. The van der Waals surface area contributed by atoms with Gasteiger partial charge in [-0.1, -0.05) is 24.3 Å². The van der Waals surface area contributed by atoms with Gasteiger partial charge in [0.25, 0.3) is 11.8 Å². The third-order valence-corrected chi connectivity index (χ3v) is 9.56. The maximum atomic E-state index is 13.7. The van der Waals surface area contributed by atoms with E-state index in [2.05, 4.69) is 29.3 Å². The molecule has 6 rings (SSSR count). The van der Waals surface area contributed by atoms with Crippen LogP contribution in [-0.4, -0.2) is 89.3 Å². The maximum absolute atomic E-state index is 13.7. The van der Waals surface area contributed by atoms with Crippen molar-refractivity contribution in [3.05, 3.63) is 64.7 Å². The summed E-state index contributed by atoms with van der Waals surface area (Å²) in [5.41, 5.74) is 4.72. The molecular weight excluding hydrogens is 492 g/mol. The van der Waals surface area contributed by atoms with Gasteiger partial charge >= 0.3 is 0 Å². The van der Waals surface area contributed by atoms with E-state index in [0.29, 0.717) is 37.3 Å². The molecule has 2 aromatic carbocycles. The number of aliphatic hydroxyl groups is 2. The van der Waals surface area contributed by atoms with Crippen LogP contribution >= 0.6 is 0 Å². The fourth-order valence-corrected chi connectivity index (χ4v) is 7.06. The van der Waals surface area contributed by atoms with Crippen LogP contribution in [0.4, 0.5) is 5.69 Å². The van der Waals surface area contributed by atoms with E-state index in [-0.39, 0.29) is 35.9 Å². The number of aliphatic hydroxyl groups excluding tert-OH is 2. The smallest absolute Gasteiger partial charge is 0.256 e. The summed E-state index contributed by atoms with van der Waals surface area (Å²) in [5, 5.41) is 24.3. The summed E-state index contributed by atoms with van der Waals surface area (Å²) < 4.78 is 0. The van der Waals surface area contributed by atoms with E-state index in [9.17, 15) is 19.8 Å². The first-order chi connectivity index (χ1) is 18.9. The molecule has 1 saturated heterocycles. The third kappa shape index (κ3) is 5.06. The van der Waals surface area contributed by atoms with Gasteiger partial charge in [-0.25, -0.2) is 0 Å². The number of nitrogens with one attached hydrogen (secondary N) is 1. The molecule has 1 saturated carbocycles. The first-order valence-electron chi connectivity index (χ1n) is 14.5. The van der Waals surface area contributed by atoms with Gasteiger partial charge < -0.3 is 30.2 Å². The Labute approximate surface area is 230 Å². The Hall–Kier alpha value is -2.94.